The quantitative estimate of drug-likeness (QED) is 0.882. The van der Waals surface area contributed by atoms with Crippen molar-refractivity contribution in [3.05, 3.63) is 29.8 Å². The predicted molar refractivity (Wildman–Crippen MR) is 61.6 cm³/mol. The number of ether oxygens (including phenoxy) is 1. The standard InChI is InChI=1S/C12H14F3NO3/c1-7(17)11(18)16-10(12(13,14)15)8-3-5-9(19-2)6-4-8/h3-7,10,17H,1-2H3,(H,16,18)/t7-,10+/m0/s1. The number of aliphatic hydroxyl groups excluding tert-OH is 1. The molecule has 0 aromatic heterocycles. The molecule has 0 heterocycles. The van der Waals surface area contributed by atoms with Gasteiger partial charge in [0.25, 0.3) is 0 Å². The van der Waals surface area contributed by atoms with Crippen LogP contribution in [0.3, 0.4) is 0 Å². The van der Waals surface area contributed by atoms with Gasteiger partial charge >= 0.3 is 6.18 Å². The number of carbonyl (C=O) groups excluding carboxylic acids is 1. The van der Waals surface area contributed by atoms with E-state index in [0.29, 0.717) is 5.75 Å². The van der Waals surface area contributed by atoms with Crippen LogP contribution in [0, 0.1) is 0 Å². The van der Waals surface area contributed by atoms with Crippen LogP contribution in [0.5, 0.6) is 5.75 Å². The third-order valence-electron chi connectivity index (χ3n) is 2.44. The third-order valence-corrected chi connectivity index (χ3v) is 2.44. The molecule has 106 valence electrons. The maximum atomic E-state index is 12.9. The highest BCUT2D eigenvalue weighted by atomic mass is 19.4. The lowest BCUT2D eigenvalue weighted by molar-refractivity contribution is -0.165. The summed E-state index contributed by atoms with van der Waals surface area (Å²) in [5, 5.41) is 10.7. The first kappa shape index (κ1) is 15.3. The molecule has 4 nitrogen and oxygen atoms in total. The lowest BCUT2D eigenvalue weighted by Crippen LogP contribution is -2.42. The number of alkyl halides is 3. The zero-order chi connectivity index (χ0) is 14.6. The van der Waals surface area contributed by atoms with E-state index in [0.717, 1.165) is 6.92 Å². The molecule has 1 aromatic rings. The minimum atomic E-state index is -4.65. The van der Waals surface area contributed by atoms with E-state index in [1.807, 2.05) is 0 Å². The van der Waals surface area contributed by atoms with Crippen molar-refractivity contribution < 1.29 is 27.8 Å². The van der Waals surface area contributed by atoms with E-state index >= 15 is 0 Å². The fourth-order valence-electron chi connectivity index (χ4n) is 1.41. The Kier molecular flexibility index (Phi) is 4.77. The van der Waals surface area contributed by atoms with Gasteiger partial charge in [0.15, 0.2) is 6.04 Å². The van der Waals surface area contributed by atoms with Gasteiger partial charge in [0, 0.05) is 0 Å². The van der Waals surface area contributed by atoms with Crippen LogP contribution < -0.4 is 10.1 Å². The summed E-state index contributed by atoms with van der Waals surface area (Å²) in [6.07, 6.45) is -6.16. The van der Waals surface area contributed by atoms with Crippen LogP contribution in [-0.4, -0.2) is 30.4 Å². The number of methoxy groups -OCH3 is 1. The summed E-state index contributed by atoms with van der Waals surface area (Å²) in [4.78, 5) is 11.2. The molecule has 7 heteroatoms. The molecule has 0 saturated carbocycles. The molecule has 0 radical (unpaired) electrons. The average Bonchev–Trinajstić information content (AvgIpc) is 2.34. The lowest BCUT2D eigenvalue weighted by Gasteiger charge is -2.22. The van der Waals surface area contributed by atoms with Crippen LogP contribution in [0.25, 0.3) is 0 Å². The molecule has 0 aliphatic carbocycles. The fourth-order valence-corrected chi connectivity index (χ4v) is 1.41. The second kappa shape index (κ2) is 5.92. The van der Waals surface area contributed by atoms with Gasteiger partial charge < -0.3 is 15.2 Å². The van der Waals surface area contributed by atoms with Gasteiger partial charge in [-0.1, -0.05) is 12.1 Å². The Morgan fingerprint density at radius 1 is 1.32 bits per heavy atom. The van der Waals surface area contributed by atoms with Crippen molar-refractivity contribution in [3.8, 4) is 5.75 Å². The molecule has 0 aliphatic rings. The minimum Gasteiger partial charge on any atom is -0.497 e. The Hall–Kier alpha value is -1.76. The fraction of sp³-hybridized carbons (Fsp3) is 0.417. The normalized spacial score (nSPS) is 14.6. The molecule has 2 atom stereocenters. The van der Waals surface area contributed by atoms with Crippen LogP contribution in [-0.2, 0) is 4.79 Å². The van der Waals surface area contributed by atoms with Crippen LogP contribution in [0.1, 0.15) is 18.5 Å². The van der Waals surface area contributed by atoms with Gasteiger partial charge in [0.05, 0.1) is 7.11 Å². The van der Waals surface area contributed by atoms with Gasteiger partial charge in [-0.2, -0.15) is 13.2 Å². The van der Waals surface area contributed by atoms with E-state index in [1.165, 1.54) is 31.4 Å². The molecule has 0 fully saturated rings. The predicted octanol–water partition coefficient (Wildman–Crippen LogP) is 1.80. The van der Waals surface area contributed by atoms with Crippen LogP contribution in [0.2, 0.25) is 0 Å². The van der Waals surface area contributed by atoms with Crippen molar-refractivity contribution in [3.63, 3.8) is 0 Å². The van der Waals surface area contributed by atoms with Crippen LogP contribution >= 0.6 is 0 Å². The highest BCUT2D eigenvalue weighted by Crippen LogP contribution is 2.33. The summed E-state index contributed by atoms with van der Waals surface area (Å²) in [7, 11) is 1.39. The number of halogens is 3. The highest BCUT2D eigenvalue weighted by Gasteiger charge is 2.42. The molecule has 0 bridgehead atoms. The van der Waals surface area contributed by atoms with Crippen molar-refractivity contribution in [1.29, 1.82) is 0 Å². The Morgan fingerprint density at radius 2 is 1.84 bits per heavy atom. The van der Waals surface area contributed by atoms with Crippen molar-refractivity contribution in [2.45, 2.75) is 25.2 Å². The van der Waals surface area contributed by atoms with Gasteiger partial charge in [0.2, 0.25) is 5.91 Å². The molecule has 0 saturated heterocycles. The van der Waals surface area contributed by atoms with E-state index in [1.54, 1.807) is 5.32 Å². The molecule has 0 unspecified atom stereocenters. The summed E-state index contributed by atoms with van der Waals surface area (Å²) in [5.74, 6) is -0.676. The number of hydrogen-bond donors (Lipinski definition) is 2. The van der Waals surface area contributed by atoms with E-state index in [2.05, 4.69) is 0 Å². The summed E-state index contributed by atoms with van der Waals surface area (Å²) in [6.45, 7) is 1.09. The van der Waals surface area contributed by atoms with Gasteiger partial charge in [-0.05, 0) is 24.6 Å². The average molecular weight is 277 g/mol. The Labute approximate surface area is 108 Å². The molecule has 0 aliphatic heterocycles. The molecule has 19 heavy (non-hydrogen) atoms. The summed E-state index contributed by atoms with van der Waals surface area (Å²) in [6, 6.07) is 2.98. The summed E-state index contributed by atoms with van der Waals surface area (Å²) >= 11 is 0. The number of hydrogen-bond acceptors (Lipinski definition) is 3. The van der Waals surface area contributed by atoms with Gasteiger partial charge in [-0.15, -0.1) is 0 Å². The monoisotopic (exact) mass is 277 g/mol. The molecular weight excluding hydrogens is 263 g/mol. The Morgan fingerprint density at radius 3 is 2.21 bits per heavy atom. The number of benzene rings is 1. The number of nitrogens with one attached hydrogen (secondary N) is 1. The maximum absolute atomic E-state index is 12.9. The van der Waals surface area contributed by atoms with Crippen molar-refractivity contribution in [2.24, 2.45) is 0 Å². The molecule has 1 aromatic carbocycles. The first-order valence-electron chi connectivity index (χ1n) is 5.45. The largest absolute Gasteiger partial charge is 0.497 e. The van der Waals surface area contributed by atoms with E-state index in [9.17, 15) is 18.0 Å². The molecule has 1 rings (SSSR count). The number of aliphatic hydroxyl groups is 1. The van der Waals surface area contributed by atoms with Crippen LogP contribution in [0.15, 0.2) is 24.3 Å². The number of carbonyl (C=O) groups is 1. The van der Waals surface area contributed by atoms with Gasteiger partial charge in [-0.25, -0.2) is 0 Å². The second-order valence-corrected chi connectivity index (χ2v) is 3.93. The topological polar surface area (TPSA) is 58.6 Å². The van der Waals surface area contributed by atoms with Crippen molar-refractivity contribution in [1.82, 2.24) is 5.32 Å². The summed E-state index contributed by atoms with van der Waals surface area (Å²) in [5.41, 5.74) is -0.137. The minimum absolute atomic E-state index is 0.137. The van der Waals surface area contributed by atoms with E-state index in [4.69, 9.17) is 9.84 Å². The summed E-state index contributed by atoms with van der Waals surface area (Å²) < 4.78 is 43.5. The van der Waals surface area contributed by atoms with Crippen molar-refractivity contribution >= 4 is 5.91 Å². The third kappa shape index (κ3) is 4.13. The van der Waals surface area contributed by atoms with Crippen LogP contribution in [0.4, 0.5) is 13.2 Å². The SMILES string of the molecule is COc1ccc([C@@H](NC(=O)[C@H](C)O)C(F)(F)F)cc1. The number of amides is 1. The molecule has 2 N–H and O–H groups in total. The molecule has 1 amide bonds. The van der Waals surface area contributed by atoms with Crippen molar-refractivity contribution in [2.75, 3.05) is 7.11 Å². The van der Waals surface area contributed by atoms with E-state index < -0.39 is 24.2 Å². The Balaban J connectivity index is 2.99. The smallest absolute Gasteiger partial charge is 0.412 e. The molecular formula is C12H14F3NO3. The highest BCUT2D eigenvalue weighted by molar-refractivity contribution is 5.80. The maximum Gasteiger partial charge on any atom is 0.412 e. The lowest BCUT2D eigenvalue weighted by atomic mass is 10.1. The van der Waals surface area contributed by atoms with Gasteiger partial charge in [0.1, 0.15) is 11.9 Å². The van der Waals surface area contributed by atoms with E-state index in [-0.39, 0.29) is 5.56 Å². The van der Waals surface area contributed by atoms with Gasteiger partial charge in [-0.3, -0.25) is 4.79 Å². The zero-order valence-corrected chi connectivity index (χ0v) is 10.4. The number of rotatable bonds is 4. The zero-order valence-electron chi connectivity index (χ0n) is 10.4. The first-order valence-corrected chi connectivity index (χ1v) is 5.45. The Bertz CT molecular complexity index is 429. The molecule has 0 spiro atoms. The first-order chi connectivity index (χ1) is 8.75. The second-order valence-electron chi connectivity index (χ2n) is 3.93.